The van der Waals surface area contributed by atoms with E-state index >= 15 is 0 Å². The Labute approximate surface area is 151 Å². The van der Waals surface area contributed by atoms with E-state index in [-0.39, 0.29) is 18.0 Å². The van der Waals surface area contributed by atoms with Gasteiger partial charge >= 0.3 is 15.3 Å². The molecule has 2 unspecified atom stereocenters. The first kappa shape index (κ1) is 23.8. The minimum Gasteiger partial charge on any atom is -0.464 e. The third-order valence-electron chi connectivity index (χ3n) is 3.83. The van der Waals surface area contributed by atoms with Crippen LogP contribution in [0.4, 0.5) is 0 Å². The van der Waals surface area contributed by atoms with Gasteiger partial charge in [-0.3, -0.25) is 4.79 Å². The molecule has 0 aliphatic carbocycles. The van der Waals surface area contributed by atoms with Crippen LogP contribution in [0.3, 0.4) is 0 Å². The lowest BCUT2D eigenvalue weighted by Gasteiger charge is -2.43. The van der Waals surface area contributed by atoms with Crippen molar-refractivity contribution in [1.29, 1.82) is 0 Å². The van der Waals surface area contributed by atoms with Gasteiger partial charge in [-0.05, 0) is 49.4 Å². The highest BCUT2D eigenvalue weighted by atomic mass is 28.4. The molecule has 24 heavy (non-hydrogen) atoms. The maximum Gasteiger partial charge on any atom is 0.326 e. The zero-order chi connectivity index (χ0) is 19.4. The van der Waals surface area contributed by atoms with Crippen LogP contribution in [0.15, 0.2) is 0 Å². The highest BCUT2D eigenvalue weighted by Crippen LogP contribution is 2.38. The first-order valence-electron chi connectivity index (χ1n) is 8.80. The first-order chi connectivity index (χ1) is 10.5. The second-order valence-electron chi connectivity index (χ2n) is 9.92. The molecule has 0 amide bonds. The SMILES string of the molecule is CC(C)(C)CC(N)(C(=O)OCCC[SiH](O)O[Si](C)(C)C)C(C)(C)C. The van der Waals surface area contributed by atoms with Crippen LogP contribution in [0.25, 0.3) is 0 Å². The molecule has 3 N–H and O–H groups in total. The van der Waals surface area contributed by atoms with Crippen molar-refractivity contribution in [3.8, 4) is 0 Å². The summed E-state index contributed by atoms with van der Waals surface area (Å²) in [4.78, 5) is 22.6. The van der Waals surface area contributed by atoms with E-state index in [9.17, 15) is 9.59 Å². The summed E-state index contributed by atoms with van der Waals surface area (Å²) in [5.74, 6) is -0.354. The number of ether oxygens (including phenoxy) is 1. The van der Waals surface area contributed by atoms with Gasteiger partial charge in [0.15, 0.2) is 8.32 Å². The average Bonchev–Trinajstić information content (AvgIpc) is 2.28. The molecule has 0 heterocycles. The molecule has 0 aromatic heterocycles. The summed E-state index contributed by atoms with van der Waals surface area (Å²) in [6, 6.07) is 0.587. The molecule has 0 saturated carbocycles. The maximum absolute atomic E-state index is 12.6. The van der Waals surface area contributed by atoms with Crippen molar-refractivity contribution in [3.63, 3.8) is 0 Å². The Morgan fingerprint density at radius 3 is 2.00 bits per heavy atom. The third kappa shape index (κ3) is 8.76. The third-order valence-corrected chi connectivity index (χ3v) is 8.65. The fourth-order valence-electron chi connectivity index (χ4n) is 2.50. The number of carbonyl (C=O) groups excluding carboxylic acids is 1. The molecule has 0 aromatic carbocycles. The molecule has 0 bridgehead atoms. The Morgan fingerprint density at radius 2 is 1.62 bits per heavy atom. The Hall–Kier alpha value is -0.216. The molecule has 0 saturated heterocycles. The van der Waals surface area contributed by atoms with Crippen LogP contribution in [0.5, 0.6) is 0 Å². The van der Waals surface area contributed by atoms with Gasteiger partial charge in [-0.15, -0.1) is 0 Å². The number of nitrogens with two attached hydrogens (primary N) is 1. The number of carbonyl (C=O) groups is 1. The molecule has 0 rings (SSSR count). The summed E-state index contributed by atoms with van der Waals surface area (Å²) in [5.41, 5.74) is 4.99. The van der Waals surface area contributed by atoms with Gasteiger partial charge in [0.2, 0.25) is 0 Å². The molecule has 2 atom stereocenters. The Kier molecular flexibility index (Phi) is 8.37. The minimum absolute atomic E-state index is 0.0741. The van der Waals surface area contributed by atoms with E-state index in [1.807, 2.05) is 20.8 Å². The summed E-state index contributed by atoms with van der Waals surface area (Å²) < 4.78 is 11.2. The summed E-state index contributed by atoms with van der Waals surface area (Å²) in [6.07, 6.45) is 1.16. The van der Waals surface area contributed by atoms with Gasteiger partial charge in [-0.2, -0.15) is 0 Å². The van der Waals surface area contributed by atoms with Crippen LogP contribution < -0.4 is 5.73 Å². The molecule has 0 spiro atoms. The monoisotopic (exact) mass is 377 g/mol. The smallest absolute Gasteiger partial charge is 0.326 e. The molecule has 5 nitrogen and oxygen atoms in total. The lowest BCUT2D eigenvalue weighted by Crippen LogP contribution is -2.60. The van der Waals surface area contributed by atoms with Crippen LogP contribution in [0.1, 0.15) is 54.4 Å². The summed E-state index contributed by atoms with van der Waals surface area (Å²) in [6.45, 7) is 18.6. The fraction of sp³-hybridized carbons (Fsp3) is 0.941. The van der Waals surface area contributed by atoms with Gasteiger partial charge in [0.1, 0.15) is 5.54 Å². The van der Waals surface area contributed by atoms with E-state index in [1.54, 1.807) is 0 Å². The van der Waals surface area contributed by atoms with Gasteiger partial charge in [0, 0.05) is 0 Å². The van der Waals surface area contributed by atoms with E-state index in [2.05, 4.69) is 40.4 Å². The summed E-state index contributed by atoms with van der Waals surface area (Å²) >= 11 is 0. The van der Waals surface area contributed by atoms with E-state index in [4.69, 9.17) is 14.6 Å². The Bertz CT molecular complexity index is 410. The number of esters is 1. The average molecular weight is 378 g/mol. The van der Waals surface area contributed by atoms with E-state index in [0.29, 0.717) is 18.9 Å². The predicted octanol–water partition coefficient (Wildman–Crippen LogP) is 3.16. The predicted molar refractivity (Wildman–Crippen MR) is 105 cm³/mol. The van der Waals surface area contributed by atoms with Crippen LogP contribution in [0.2, 0.25) is 25.7 Å². The molecule has 0 aromatic rings. The highest BCUT2D eigenvalue weighted by molar-refractivity contribution is 6.75. The van der Waals surface area contributed by atoms with Gasteiger partial charge in [0.05, 0.1) is 6.61 Å². The normalized spacial score (nSPS) is 17.3. The topological polar surface area (TPSA) is 81.8 Å². The lowest BCUT2D eigenvalue weighted by molar-refractivity contribution is -0.156. The van der Waals surface area contributed by atoms with Crippen molar-refractivity contribution in [2.45, 2.75) is 85.6 Å². The van der Waals surface area contributed by atoms with E-state index < -0.39 is 28.6 Å². The molecule has 0 radical (unpaired) electrons. The second kappa shape index (κ2) is 8.44. The molecule has 0 aliphatic rings. The van der Waals surface area contributed by atoms with E-state index in [1.165, 1.54) is 0 Å². The van der Waals surface area contributed by atoms with Crippen LogP contribution in [-0.2, 0) is 13.6 Å². The van der Waals surface area contributed by atoms with E-state index in [0.717, 1.165) is 0 Å². The number of hydrogen-bond acceptors (Lipinski definition) is 5. The maximum atomic E-state index is 12.6. The molecule has 144 valence electrons. The van der Waals surface area contributed by atoms with Gasteiger partial charge in [-0.25, -0.2) is 0 Å². The van der Waals surface area contributed by atoms with Crippen LogP contribution in [0, 0.1) is 10.8 Å². The zero-order valence-corrected chi connectivity index (χ0v) is 19.3. The molecule has 0 aliphatic heterocycles. The van der Waals surface area contributed by atoms with Gasteiger partial charge in [0.25, 0.3) is 0 Å². The van der Waals surface area contributed by atoms with Crippen molar-refractivity contribution in [2.24, 2.45) is 16.6 Å². The van der Waals surface area contributed by atoms with Crippen LogP contribution in [-0.4, -0.2) is 40.5 Å². The van der Waals surface area contributed by atoms with Crippen molar-refractivity contribution in [3.05, 3.63) is 0 Å². The minimum atomic E-state index is -2.16. The number of rotatable bonds is 8. The molecular weight excluding hydrogens is 338 g/mol. The van der Waals surface area contributed by atoms with Crippen molar-refractivity contribution in [1.82, 2.24) is 0 Å². The first-order valence-corrected chi connectivity index (χ1v) is 14.0. The quantitative estimate of drug-likeness (QED) is 0.386. The number of hydrogen-bond donors (Lipinski definition) is 2. The summed E-state index contributed by atoms with van der Waals surface area (Å²) in [5, 5.41) is 0. The highest BCUT2D eigenvalue weighted by Gasteiger charge is 2.48. The molecule has 0 fully saturated rings. The van der Waals surface area contributed by atoms with Crippen molar-refractivity contribution < 1.29 is 18.4 Å². The van der Waals surface area contributed by atoms with Crippen LogP contribution >= 0.6 is 0 Å². The largest absolute Gasteiger partial charge is 0.464 e. The Balaban J connectivity index is 4.60. The Morgan fingerprint density at radius 1 is 1.12 bits per heavy atom. The lowest BCUT2D eigenvalue weighted by atomic mass is 9.66. The standard InChI is InChI=1S/C17H39NO4Si2/c1-15(2,3)13-17(18,16(4,5)6)14(19)21-11-10-12-23(20)22-24(7,8)9/h20,23H,10-13,18H2,1-9H3. The van der Waals surface area contributed by atoms with Gasteiger partial charge in [-0.1, -0.05) is 41.5 Å². The fourth-order valence-corrected chi connectivity index (χ4v) is 6.75. The van der Waals surface area contributed by atoms with Crippen molar-refractivity contribution in [2.75, 3.05) is 6.61 Å². The molecular formula is C17H39NO4Si2. The second-order valence-corrected chi connectivity index (χ2v) is 16.6. The van der Waals surface area contributed by atoms with Crippen molar-refractivity contribution >= 4 is 23.6 Å². The van der Waals surface area contributed by atoms with Gasteiger partial charge < -0.3 is 19.4 Å². The molecule has 7 heteroatoms. The summed E-state index contributed by atoms with van der Waals surface area (Å²) in [7, 11) is -3.86. The zero-order valence-electron chi connectivity index (χ0n) is 17.2.